The topological polar surface area (TPSA) is 66.4 Å². The predicted molar refractivity (Wildman–Crippen MR) is 68.5 cm³/mol. The summed E-state index contributed by atoms with van der Waals surface area (Å²) in [7, 11) is -0.903. The van der Waals surface area contributed by atoms with Gasteiger partial charge in [-0.3, -0.25) is 9.00 Å². The number of aromatic hydroxyl groups is 1. The Balaban J connectivity index is 2.62. The van der Waals surface area contributed by atoms with Crippen LogP contribution in [0.2, 0.25) is 0 Å². The summed E-state index contributed by atoms with van der Waals surface area (Å²) < 4.78 is 23.7. The lowest BCUT2D eigenvalue weighted by molar-refractivity contribution is 0.0936. The Labute approximate surface area is 108 Å². The van der Waals surface area contributed by atoms with Gasteiger partial charge in [0.1, 0.15) is 11.6 Å². The summed E-state index contributed by atoms with van der Waals surface area (Å²) in [5, 5.41) is 12.1. The van der Waals surface area contributed by atoms with Gasteiger partial charge in [0, 0.05) is 34.9 Å². The molecule has 0 spiro atoms. The van der Waals surface area contributed by atoms with Crippen molar-refractivity contribution in [3.05, 3.63) is 29.6 Å². The Morgan fingerprint density at radius 1 is 1.56 bits per heavy atom. The van der Waals surface area contributed by atoms with Gasteiger partial charge in [0.2, 0.25) is 0 Å². The van der Waals surface area contributed by atoms with Crippen LogP contribution in [0.15, 0.2) is 18.2 Å². The van der Waals surface area contributed by atoms with E-state index in [4.69, 9.17) is 0 Å². The lowest BCUT2D eigenvalue weighted by atomic mass is 10.1. The number of benzene rings is 1. The Hall–Kier alpha value is -1.43. The maximum atomic E-state index is 12.8. The van der Waals surface area contributed by atoms with E-state index >= 15 is 0 Å². The highest BCUT2D eigenvalue weighted by Gasteiger charge is 2.14. The first kappa shape index (κ1) is 14.6. The molecule has 4 nitrogen and oxygen atoms in total. The van der Waals surface area contributed by atoms with Crippen LogP contribution in [-0.4, -0.2) is 33.3 Å². The molecule has 0 aliphatic heterocycles. The van der Waals surface area contributed by atoms with Crippen molar-refractivity contribution in [1.82, 2.24) is 5.32 Å². The molecule has 1 rings (SSSR count). The lowest BCUT2D eigenvalue weighted by Crippen LogP contribution is -2.33. The van der Waals surface area contributed by atoms with Crippen LogP contribution in [0.3, 0.4) is 0 Å². The number of hydrogen-bond donors (Lipinski definition) is 2. The Kier molecular flexibility index (Phi) is 5.27. The largest absolute Gasteiger partial charge is 0.507 e. The number of halogens is 1. The zero-order chi connectivity index (χ0) is 13.7. The standard InChI is InChI=1S/C12H16FNO3S/c1-8(5-6-18(2)17)14-12(16)10-4-3-9(13)7-11(10)15/h3-4,7-8,15H,5-6H2,1-2H3,(H,14,16). The van der Waals surface area contributed by atoms with Crippen LogP contribution in [0.25, 0.3) is 0 Å². The highest BCUT2D eigenvalue weighted by molar-refractivity contribution is 7.84. The van der Waals surface area contributed by atoms with Crippen molar-refractivity contribution in [1.29, 1.82) is 0 Å². The molecule has 100 valence electrons. The molecule has 2 atom stereocenters. The number of hydrogen-bond acceptors (Lipinski definition) is 3. The highest BCUT2D eigenvalue weighted by Crippen LogP contribution is 2.18. The molecular formula is C12H16FNO3S. The zero-order valence-corrected chi connectivity index (χ0v) is 11.1. The van der Waals surface area contributed by atoms with Gasteiger partial charge in [0.15, 0.2) is 0 Å². The molecule has 0 saturated carbocycles. The van der Waals surface area contributed by atoms with E-state index in [9.17, 15) is 18.5 Å². The minimum Gasteiger partial charge on any atom is -0.507 e. The zero-order valence-electron chi connectivity index (χ0n) is 10.3. The second-order valence-corrected chi connectivity index (χ2v) is 5.66. The van der Waals surface area contributed by atoms with E-state index in [0.717, 1.165) is 12.1 Å². The number of carbonyl (C=O) groups excluding carboxylic acids is 1. The summed E-state index contributed by atoms with van der Waals surface area (Å²) in [6.45, 7) is 1.78. The molecule has 0 fully saturated rings. The van der Waals surface area contributed by atoms with E-state index in [2.05, 4.69) is 5.32 Å². The number of carbonyl (C=O) groups is 1. The fraction of sp³-hybridized carbons (Fsp3) is 0.417. The summed E-state index contributed by atoms with van der Waals surface area (Å²) in [6, 6.07) is 3.07. The van der Waals surface area contributed by atoms with Crippen molar-refractivity contribution in [3.63, 3.8) is 0 Å². The van der Waals surface area contributed by atoms with Crippen LogP contribution < -0.4 is 5.32 Å². The molecule has 0 bridgehead atoms. The second kappa shape index (κ2) is 6.49. The average molecular weight is 273 g/mol. The van der Waals surface area contributed by atoms with E-state index in [1.54, 1.807) is 13.2 Å². The van der Waals surface area contributed by atoms with E-state index in [1.807, 2.05) is 0 Å². The minimum atomic E-state index is -0.903. The fourth-order valence-electron chi connectivity index (χ4n) is 1.41. The molecule has 0 saturated heterocycles. The second-order valence-electron chi connectivity index (χ2n) is 4.10. The van der Waals surface area contributed by atoms with Gasteiger partial charge in [-0.15, -0.1) is 0 Å². The molecule has 2 unspecified atom stereocenters. The highest BCUT2D eigenvalue weighted by atomic mass is 32.2. The maximum absolute atomic E-state index is 12.8. The number of nitrogens with one attached hydrogen (secondary N) is 1. The molecule has 1 aromatic rings. The van der Waals surface area contributed by atoms with Crippen molar-refractivity contribution < 1.29 is 18.5 Å². The maximum Gasteiger partial charge on any atom is 0.255 e. The lowest BCUT2D eigenvalue weighted by Gasteiger charge is -2.13. The minimum absolute atomic E-state index is 0.0286. The van der Waals surface area contributed by atoms with Gasteiger partial charge >= 0.3 is 0 Å². The van der Waals surface area contributed by atoms with Gasteiger partial charge in [-0.1, -0.05) is 0 Å². The van der Waals surface area contributed by atoms with Crippen LogP contribution >= 0.6 is 0 Å². The normalized spacial score (nSPS) is 13.9. The van der Waals surface area contributed by atoms with Crippen LogP contribution in [0.4, 0.5) is 4.39 Å². The van der Waals surface area contributed by atoms with E-state index in [-0.39, 0.29) is 11.6 Å². The molecule has 1 aromatic carbocycles. The van der Waals surface area contributed by atoms with Crippen molar-refractivity contribution in [3.8, 4) is 5.75 Å². The molecule has 0 radical (unpaired) electrons. The number of amides is 1. The van der Waals surface area contributed by atoms with Crippen LogP contribution in [-0.2, 0) is 10.8 Å². The molecule has 0 aromatic heterocycles. The molecule has 0 aliphatic rings. The molecular weight excluding hydrogens is 257 g/mol. The molecule has 0 heterocycles. The smallest absolute Gasteiger partial charge is 0.255 e. The van der Waals surface area contributed by atoms with Gasteiger partial charge in [0.05, 0.1) is 5.56 Å². The van der Waals surface area contributed by atoms with Crippen LogP contribution in [0.1, 0.15) is 23.7 Å². The summed E-state index contributed by atoms with van der Waals surface area (Å²) in [5.74, 6) is -0.962. The number of phenolic OH excluding ortho intramolecular Hbond substituents is 1. The summed E-state index contributed by atoms with van der Waals surface area (Å²) in [6.07, 6.45) is 2.18. The third-order valence-corrected chi connectivity index (χ3v) is 3.23. The quantitative estimate of drug-likeness (QED) is 0.852. The number of rotatable bonds is 5. The van der Waals surface area contributed by atoms with Crippen LogP contribution in [0.5, 0.6) is 5.75 Å². The fourth-order valence-corrected chi connectivity index (χ4v) is 2.10. The Morgan fingerprint density at radius 2 is 2.22 bits per heavy atom. The first-order valence-corrected chi connectivity index (χ1v) is 7.22. The summed E-state index contributed by atoms with van der Waals surface area (Å²) in [5.41, 5.74) is 0.0286. The van der Waals surface area contributed by atoms with Gasteiger partial charge in [-0.2, -0.15) is 0 Å². The summed E-state index contributed by atoms with van der Waals surface area (Å²) in [4.78, 5) is 11.8. The van der Waals surface area contributed by atoms with Gasteiger partial charge in [-0.05, 0) is 25.5 Å². The van der Waals surface area contributed by atoms with Gasteiger partial charge in [-0.25, -0.2) is 4.39 Å². The molecule has 2 N–H and O–H groups in total. The molecule has 6 heteroatoms. The van der Waals surface area contributed by atoms with Gasteiger partial charge < -0.3 is 10.4 Å². The first-order chi connectivity index (χ1) is 8.40. The predicted octanol–water partition coefficient (Wildman–Crippen LogP) is 1.42. The molecule has 18 heavy (non-hydrogen) atoms. The molecule has 1 amide bonds. The Morgan fingerprint density at radius 3 is 2.78 bits per heavy atom. The van der Waals surface area contributed by atoms with E-state index in [1.165, 1.54) is 6.07 Å². The van der Waals surface area contributed by atoms with Crippen molar-refractivity contribution in [2.75, 3.05) is 12.0 Å². The average Bonchev–Trinajstić information content (AvgIpc) is 2.26. The van der Waals surface area contributed by atoms with Gasteiger partial charge in [0.25, 0.3) is 5.91 Å². The summed E-state index contributed by atoms with van der Waals surface area (Å²) >= 11 is 0. The SMILES string of the molecule is CC(CCS(C)=O)NC(=O)c1ccc(F)cc1O. The van der Waals surface area contributed by atoms with Crippen LogP contribution in [0, 0.1) is 5.82 Å². The third-order valence-electron chi connectivity index (χ3n) is 2.42. The monoisotopic (exact) mass is 273 g/mol. The van der Waals surface area contributed by atoms with E-state index < -0.39 is 28.3 Å². The van der Waals surface area contributed by atoms with E-state index in [0.29, 0.717) is 12.2 Å². The van der Waals surface area contributed by atoms with Crippen molar-refractivity contribution in [2.24, 2.45) is 0 Å². The first-order valence-electron chi connectivity index (χ1n) is 5.49. The van der Waals surface area contributed by atoms with Crippen molar-refractivity contribution in [2.45, 2.75) is 19.4 Å². The van der Waals surface area contributed by atoms with Crippen molar-refractivity contribution >= 4 is 16.7 Å². The third kappa shape index (κ3) is 4.44. The number of phenols is 1. The Bertz CT molecular complexity index is 465. The molecule has 0 aliphatic carbocycles.